The Balaban J connectivity index is 0.000000211. The Morgan fingerprint density at radius 3 is 0.583 bits per heavy atom. The highest BCUT2D eigenvalue weighted by Crippen LogP contribution is 2.38. The number of hydrogen-bond donors (Lipinski definition) is 0. The predicted octanol–water partition coefficient (Wildman–Crippen LogP) is 11.1. The normalized spacial score (nSPS) is 10.2. The summed E-state index contributed by atoms with van der Waals surface area (Å²) in [6.45, 7) is 2.48. The Morgan fingerprint density at radius 2 is 0.417 bits per heavy atom. The molecule has 0 atom stereocenters. The van der Waals surface area contributed by atoms with Gasteiger partial charge in [0.2, 0.25) is 0 Å². The van der Waals surface area contributed by atoms with Crippen LogP contribution in [0.2, 0.25) is 0 Å². The van der Waals surface area contributed by atoms with Crippen LogP contribution in [0.1, 0.15) is 96.7 Å². The first-order valence-electron chi connectivity index (χ1n) is 21.9. The molecule has 0 amide bonds. The second-order valence-corrected chi connectivity index (χ2v) is 15.2. The lowest BCUT2D eigenvalue weighted by atomic mass is 10.1. The summed E-state index contributed by atoms with van der Waals surface area (Å²) in [6.07, 6.45) is 0. The van der Waals surface area contributed by atoms with Crippen molar-refractivity contribution >= 4 is 47.4 Å². The van der Waals surface area contributed by atoms with E-state index < -0.39 is 47.4 Å². The number of Topliss-reactive ketones (excluding diaryl/α,β-unsaturated/α-hetero) is 2. The Labute approximate surface area is 411 Å². The van der Waals surface area contributed by atoms with Gasteiger partial charge in [0.15, 0.2) is 11.6 Å². The van der Waals surface area contributed by atoms with Gasteiger partial charge in [-0.05, 0) is 86.6 Å². The molecule has 0 aliphatic rings. The van der Waals surface area contributed by atoms with Gasteiger partial charge in [-0.25, -0.2) is 28.8 Å². The SMILES string of the molecule is CC(=O)c1c(OC(=O)c2ccccc2)cc(OC(=O)c2ccccc2)cc1OC(=O)c1ccccc1.CC(=O)c1c(OC(=O)c2ccccc2)cc(OC(=O)c2ccccc2)cc1OC(=O)c1ccccc1. The molecule has 0 heterocycles. The largest absolute Gasteiger partial charge is 0.423 e. The minimum absolute atomic E-state index is 0.0828. The summed E-state index contributed by atoms with van der Waals surface area (Å²) >= 11 is 0. The first-order chi connectivity index (χ1) is 34.8. The Kier molecular flexibility index (Phi) is 16.4. The number of hydrogen-bond acceptors (Lipinski definition) is 14. The molecule has 0 unspecified atom stereocenters. The lowest BCUT2D eigenvalue weighted by Gasteiger charge is -2.15. The predicted molar refractivity (Wildman–Crippen MR) is 261 cm³/mol. The van der Waals surface area contributed by atoms with Gasteiger partial charge in [0.05, 0.1) is 33.4 Å². The Hall–Kier alpha value is -10.1. The molecule has 0 bridgehead atoms. The molecular formula is C58H40O14. The van der Waals surface area contributed by atoms with Crippen molar-refractivity contribution in [2.45, 2.75) is 13.8 Å². The molecule has 0 saturated carbocycles. The van der Waals surface area contributed by atoms with Crippen molar-refractivity contribution in [3.63, 3.8) is 0 Å². The van der Waals surface area contributed by atoms with Crippen LogP contribution in [0.25, 0.3) is 0 Å². The third-order valence-corrected chi connectivity index (χ3v) is 10.1. The van der Waals surface area contributed by atoms with Gasteiger partial charge < -0.3 is 28.4 Å². The third-order valence-electron chi connectivity index (χ3n) is 10.1. The van der Waals surface area contributed by atoms with Crippen LogP contribution in [-0.4, -0.2) is 47.4 Å². The highest BCUT2D eigenvalue weighted by atomic mass is 16.6. The van der Waals surface area contributed by atoms with Crippen molar-refractivity contribution in [3.8, 4) is 34.5 Å². The van der Waals surface area contributed by atoms with Crippen molar-refractivity contribution in [1.29, 1.82) is 0 Å². The number of esters is 6. The van der Waals surface area contributed by atoms with Crippen molar-refractivity contribution in [3.05, 3.63) is 251 Å². The fraction of sp³-hybridized carbons (Fsp3) is 0.0345. The molecule has 14 nitrogen and oxygen atoms in total. The number of rotatable bonds is 14. The van der Waals surface area contributed by atoms with Crippen LogP contribution in [0.5, 0.6) is 34.5 Å². The van der Waals surface area contributed by atoms with E-state index >= 15 is 0 Å². The second-order valence-electron chi connectivity index (χ2n) is 15.2. The van der Waals surface area contributed by atoms with E-state index in [0.717, 1.165) is 0 Å². The summed E-state index contributed by atoms with van der Waals surface area (Å²) in [5.41, 5.74) is 1.20. The highest BCUT2D eigenvalue weighted by Gasteiger charge is 2.26. The number of carbonyl (C=O) groups excluding carboxylic acids is 8. The average Bonchev–Trinajstić information content (AvgIpc) is 3.40. The smallest absolute Gasteiger partial charge is 0.343 e. The molecule has 0 aromatic heterocycles. The van der Waals surface area contributed by atoms with Crippen LogP contribution in [-0.2, 0) is 0 Å². The standard InChI is InChI=1S/2C29H20O7/c2*1-19(30)26-24(35-28(32)21-13-7-3-8-14-21)17-23(34-27(31)20-11-5-2-6-12-20)18-25(26)36-29(33)22-15-9-4-10-16-22/h2*2-18H,1H3. The number of carbonyl (C=O) groups is 8. The molecule has 8 aromatic rings. The van der Waals surface area contributed by atoms with Crippen molar-refractivity contribution < 1.29 is 66.8 Å². The Bertz CT molecular complexity index is 2900. The average molecular weight is 961 g/mol. The molecule has 8 rings (SSSR count). The number of ether oxygens (including phenoxy) is 6. The lowest BCUT2D eigenvalue weighted by molar-refractivity contribution is 0.0696. The minimum Gasteiger partial charge on any atom is -0.423 e. The maximum absolute atomic E-state index is 12.7. The summed E-state index contributed by atoms with van der Waals surface area (Å²) in [6, 6.07) is 54.0. The van der Waals surface area contributed by atoms with Crippen LogP contribution in [0.3, 0.4) is 0 Å². The van der Waals surface area contributed by atoms with Crippen molar-refractivity contribution in [2.24, 2.45) is 0 Å². The quantitative estimate of drug-likeness (QED) is 0.0568. The van der Waals surface area contributed by atoms with Gasteiger partial charge in [-0.15, -0.1) is 0 Å². The summed E-state index contributed by atoms with van der Waals surface area (Å²) in [5, 5.41) is 0. The molecular weight excluding hydrogens is 921 g/mol. The van der Waals surface area contributed by atoms with E-state index in [9.17, 15) is 38.4 Å². The summed E-state index contributed by atoms with van der Waals surface area (Å²) in [5.74, 6) is -6.44. The van der Waals surface area contributed by atoms with E-state index in [1.54, 1.807) is 182 Å². The van der Waals surface area contributed by atoms with E-state index in [4.69, 9.17) is 28.4 Å². The van der Waals surface area contributed by atoms with E-state index in [-0.39, 0.29) is 79.0 Å². The lowest BCUT2D eigenvalue weighted by Crippen LogP contribution is -2.15. The highest BCUT2D eigenvalue weighted by molar-refractivity contribution is 6.05. The molecule has 0 N–H and O–H groups in total. The van der Waals surface area contributed by atoms with Gasteiger partial charge in [-0.1, -0.05) is 109 Å². The maximum atomic E-state index is 12.7. The summed E-state index contributed by atoms with van der Waals surface area (Å²) in [4.78, 5) is 101. The number of ketones is 2. The fourth-order valence-corrected chi connectivity index (χ4v) is 6.68. The fourth-order valence-electron chi connectivity index (χ4n) is 6.68. The van der Waals surface area contributed by atoms with Crippen LogP contribution < -0.4 is 28.4 Å². The molecule has 8 aromatic carbocycles. The van der Waals surface area contributed by atoms with E-state index in [1.165, 1.54) is 38.1 Å². The molecule has 0 fully saturated rings. The van der Waals surface area contributed by atoms with E-state index in [2.05, 4.69) is 0 Å². The Morgan fingerprint density at radius 1 is 0.250 bits per heavy atom. The van der Waals surface area contributed by atoms with Crippen LogP contribution in [0, 0.1) is 0 Å². The molecule has 14 heteroatoms. The van der Waals surface area contributed by atoms with Crippen molar-refractivity contribution in [1.82, 2.24) is 0 Å². The van der Waals surface area contributed by atoms with Crippen LogP contribution >= 0.6 is 0 Å². The first kappa shape index (κ1) is 49.8. The second kappa shape index (κ2) is 23.8. The molecule has 72 heavy (non-hydrogen) atoms. The summed E-state index contributed by atoms with van der Waals surface area (Å²) in [7, 11) is 0. The molecule has 356 valence electrons. The topological polar surface area (TPSA) is 192 Å². The zero-order chi connectivity index (χ0) is 51.0. The van der Waals surface area contributed by atoms with Crippen LogP contribution in [0.4, 0.5) is 0 Å². The monoisotopic (exact) mass is 960 g/mol. The molecule has 0 aliphatic heterocycles. The van der Waals surface area contributed by atoms with Gasteiger partial charge in [-0.2, -0.15) is 0 Å². The van der Waals surface area contributed by atoms with Gasteiger partial charge >= 0.3 is 35.8 Å². The van der Waals surface area contributed by atoms with E-state index in [0.29, 0.717) is 0 Å². The first-order valence-corrected chi connectivity index (χ1v) is 21.9. The molecule has 0 saturated heterocycles. The van der Waals surface area contributed by atoms with Gasteiger partial charge in [0.25, 0.3) is 0 Å². The van der Waals surface area contributed by atoms with Gasteiger partial charge in [0, 0.05) is 24.3 Å². The minimum atomic E-state index is -0.745. The van der Waals surface area contributed by atoms with E-state index in [1.807, 2.05) is 0 Å². The molecule has 0 aliphatic carbocycles. The summed E-state index contributed by atoms with van der Waals surface area (Å²) < 4.78 is 32.9. The van der Waals surface area contributed by atoms with Gasteiger partial charge in [-0.3, -0.25) is 9.59 Å². The zero-order valence-corrected chi connectivity index (χ0v) is 38.3. The van der Waals surface area contributed by atoms with Gasteiger partial charge in [0.1, 0.15) is 45.6 Å². The van der Waals surface area contributed by atoms with Crippen LogP contribution in [0.15, 0.2) is 206 Å². The zero-order valence-electron chi connectivity index (χ0n) is 38.3. The molecule has 0 spiro atoms. The van der Waals surface area contributed by atoms with Crippen molar-refractivity contribution in [2.75, 3.05) is 0 Å². The number of benzene rings is 8. The third kappa shape index (κ3) is 13.1. The maximum Gasteiger partial charge on any atom is 0.343 e. The molecule has 0 radical (unpaired) electrons.